The van der Waals surface area contributed by atoms with E-state index in [-0.39, 0.29) is 12.5 Å². The van der Waals surface area contributed by atoms with E-state index >= 15 is 0 Å². The van der Waals surface area contributed by atoms with Gasteiger partial charge in [-0.1, -0.05) is 27.5 Å². The first-order valence-electron chi connectivity index (χ1n) is 4.94. The molecule has 0 spiro atoms. The van der Waals surface area contributed by atoms with Crippen LogP contribution in [0, 0.1) is 0 Å². The molecule has 0 atom stereocenters. The molecule has 2 N–H and O–H groups in total. The third-order valence-corrected chi connectivity index (χ3v) is 3.34. The Labute approximate surface area is 107 Å². The van der Waals surface area contributed by atoms with Gasteiger partial charge in [0.15, 0.2) is 0 Å². The molecule has 1 fully saturated rings. The van der Waals surface area contributed by atoms with Gasteiger partial charge >= 0.3 is 0 Å². The normalized spacial score (nSPS) is 16.9. The van der Waals surface area contributed by atoms with E-state index in [4.69, 9.17) is 16.7 Å². The second-order valence-electron chi connectivity index (χ2n) is 4.05. The summed E-state index contributed by atoms with van der Waals surface area (Å²) >= 11 is 9.14. The predicted octanol–water partition coefficient (Wildman–Crippen LogP) is 2.36. The molecular formula is C11H11BrClNO2. The van der Waals surface area contributed by atoms with E-state index in [9.17, 15) is 4.79 Å². The zero-order valence-electron chi connectivity index (χ0n) is 8.46. The van der Waals surface area contributed by atoms with Crippen LogP contribution in [0.25, 0.3) is 0 Å². The largest absolute Gasteiger partial charge is 0.394 e. The Morgan fingerprint density at radius 3 is 2.69 bits per heavy atom. The average Bonchev–Trinajstić information content (AvgIpc) is 2.97. The Balaban J connectivity index is 2.14. The van der Waals surface area contributed by atoms with E-state index in [0.29, 0.717) is 10.6 Å². The lowest BCUT2D eigenvalue weighted by atomic mass is 10.2. The van der Waals surface area contributed by atoms with Gasteiger partial charge < -0.3 is 10.4 Å². The molecule has 2 rings (SSSR count). The van der Waals surface area contributed by atoms with Gasteiger partial charge in [-0.05, 0) is 31.0 Å². The lowest BCUT2D eigenvalue weighted by Gasteiger charge is -2.14. The molecule has 5 heteroatoms. The van der Waals surface area contributed by atoms with Crippen LogP contribution in [0.3, 0.4) is 0 Å². The maximum absolute atomic E-state index is 11.9. The van der Waals surface area contributed by atoms with Crippen molar-refractivity contribution >= 4 is 33.4 Å². The number of hydrogen-bond donors (Lipinski definition) is 2. The number of carbonyl (C=O) groups is 1. The van der Waals surface area contributed by atoms with Crippen LogP contribution in [-0.4, -0.2) is 23.2 Å². The lowest BCUT2D eigenvalue weighted by molar-refractivity contribution is 0.0906. The van der Waals surface area contributed by atoms with Gasteiger partial charge in [0.25, 0.3) is 5.91 Å². The number of nitrogens with one attached hydrogen (secondary N) is 1. The standard InChI is InChI=1S/C11H11BrClNO2/c12-8-3-7(4-9(13)5-8)10(16)14-11(6-15)1-2-11/h3-5,15H,1-2,6H2,(H,14,16). The van der Waals surface area contributed by atoms with Crippen LogP contribution in [-0.2, 0) is 0 Å². The van der Waals surface area contributed by atoms with Crippen LogP contribution in [0.2, 0.25) is 5.02 Å². The van der Waals surface area contributed by atoms with E-state index in [0.717, 1.165) is 17.3 Å². The molecule has 1 amide bonds. The van der Waals surface area contributed by atoms with Crippen molar-refractivity contribution in [2.24, 2.45) is 0 Å². The van der Waals surface area contributed by atoms with Crippen molar-refractivity contribution in [2.45, 2.75) is 18.4 Å². The number of benzene rings is 1. The first kappa shape index (κ1) is 11.9. The summed E-state index contributed by atoms with van der Waals surface area (Å²) in [4.78, 5) is 11.9. The summed E-state index contributed by atoms with van der Waals surface area (Å²) in [5.41, 5.74) is 0.102. The first-order valence-corrected chi connectivity index (χ1v) is 6.11. The predicted molar refractivity (Wildman–Crippen MR) is 65.7 cm³/mol. The zero-order valence-corrected chi connectivity index (χ0v) is 10.8. The van der Waals surface area contributed by atoms with E-state index in [1.54, 1.807) is 18.2 Å². The number of halogens is 2. The summed E-state index contributed by atoms with van der Waals surface area (Å²) in [5.74, 6) is -0.199. The quantitative estimate of drug-likeness (QED) is 0.900. The topological polar surface area (TPSA) is 49.3 Å². The Hall–Kier alpha value is -0.580. The van der Waals surface area contributed by atoms with E-state index in [1.165, 1.54) is 0 Å². The fraction of sp³-hybridized carbons (Fsp3) is 0.364. The van der Waals surface area contributed by atoms with Gasteiger partial charge in [0.1, 0.15) is 0 Å². The molecule has 1 aromatic rings. The third kappa shape index (κ3) is 2.56. The van der Waals surface area contributed by atoms with Crippen LogP contribution in [0.5, 0.6) is 0 Å². The Morgan fingerprint density at radius 2 is 2.19 bits per heavy atom. The second kappa shape index (κ2) is 4.35. The lowest BCUT2D eigenvalue weighted by Crippen LogP contribution is -2.39. The fourth-order valence-corrected chi connectivity index (χ4v) is 2.33. The van der Waals surface area contributed by atoms with Crippen LogP contribution in [0.15, 0.2) is 22.7 Å². The van der Waals surface area contributed by atoms with E-state index < -0.39 is 5.54 Å². The molecule has 16 heavy (non-hydrogen) atoms. The average molecular weight is 305 g/mol. The van der Waals surface area contributed by atoms with Crippen LogP contribution < -0.4 is 5.32 Å². The highest BCUT2D eigenvalue weighted by atomic mass is 79.9. The van der Waals surface area contributed by atoms with Gasteiger partial charge in [0, 0.05) is 15.1 Å². The Bertz CT molecular complexity index is 412. The SMILES string of the molecule is O=C(NC1(CO)CC1)c1cc(Cl)cc(Br)c1. The van der Waals surface area contributed by atoms with Crippen molar-refractivity contribution in [3.8, 4) is 0 Å². The highest BCUT2D eigenvalue weighted by Gasteiger charge is 2.43. The van der Waals surface area contributed by atoms with Crippen molar-refractivity contribution < 1.29 is 9.90 Å². The van der Waals surface area contributed by atoms with Crippen LogP contribution in [0.1, 0.15) is 23.2 Å². The van der Waals surface area contributed by atoms with Gasteiger partial charge in [-0.2, -0.15) is 0 Å². The molecule has 0 unspecified atom stereocenters. The maximum Gasteiger partial charge on any atom is 0.251 e. The number of amides is 1. The number of carbonyl (C=O) groups excluding carboxylic acids is 1. The zero-order chi connectivity index (χ0) is 11.8. The molecule has 1 saturated carbocycles. The van der Waals surface area contributed by atoms with Crippen molar-refractivity contribution in [3.05, 3.63) is 33.3 Å². The molecular weight excluding hydrogens is 293 g/mol. The summed E-state index contributed by atoms with van der Waals surface area (Å²) in [6, 6.07) is 5.03. The van der Waals surface area contributed by atoms with Gasteiger partial charge in [0.05, 0.1) is 12.1 Å². The highest BCUT2D eigenvalue weighted by molar-refractivity contribution is 9.10. The van der Waals surface area contributed by atoms with Gasteiger partial charge in [-0.25, -0.2) is 0 Å². The first-order chi connectivity index (χ1) is 7.54. The molecule has 0 aromatic heterocycles. The molecule has 0 saturated heterocycles. The number of aliphatic hydroxyl groups is 1. The Kier molecular flexibility index (Phi) is 3.24. The molecule has 0 radical (unpaired) electrons. The molecule has 1 aliphatic carbocycles. The van der Waals surface area contributed by atoms with Crippen LogP contribution >= 0.6 is 27.5 Å². The number of rotatable bonds is 3. The minimum atomic E-state index is -0.397. The van der Waals surface area contributed by atoms with Gasteiger partial charge in [0.2, 0.25) is 0 Å². The summed E-state index contributed by atoms with van der Waals surface area (Å²) in [6.07, 6.45) is 1.66. The molecule has 3 nitrogen and oxygen atoms in total. The third-order valence-electron chi connectivity index (χ3n) is 2.66. The summed E-state index contributed by atoms with van der Waals surface area (Å²) < 4.78 is 0.763. The summed E-state index contributed by atoms with van der Waals surface area (Å²) in [5, 5.41) is 12.4. The molecule has 1 aromatic carbocycles. The van der Waals surface area contributed by atoms with E-state index in [2.05, 4.69) is 21.2 Å². The van der Waals surface area contributed by atoms with Crippen molar-refractivity contribution in [1.29, 1.82) is 0 Å². The summed E-state index contributed by atoms with van der Waals surface area (Å²) in [7, 11) is 0. The van der Waals surface area contributed by atoms with Crippen molar-refractivity contribution in [3.63, 3.8) is 0 Å². The minimum absolute atomic E-state index is 0.0134. The molecule has 0 aliphatic heterocycles. The minimum Gasteiger partial charge on any atom is -0.394 e. The Morgan fingerprint density at radius 1 is 1.50 bits per heavy atom. The fourth-order valence-electron chi connectivity index (χ4n) is 1.47. The number of aliphatic hydroxyl groups excluding tert-OH is 1. The molecule has 86 valence electrons. The smallest absolute Gasteiger partial charge is 0.251 e. The van der Waals surface area contributed by atoms with Crippen LogP contribution in [0.4, 0.5) is 0 Å². The maximum atomic E-state index is 11.9. The van der Waals surface area contributed by atoms with Gasteiger partial charge in [-0.15, -0.1) is 0 Å². The monoisotopic (exact) mass is 303 g/mol. The summed E-state index contributed by atoms with van der Waals surface area (Å²) in [6.45, 7) is -0.0134. The molecule has 0 heterocycles. The highest BCUT2D eigenvalue weighted by Crippen LogP contribution is 2.35. The molecule has 0 bridgehead atoms. The second-order valence-corrected chi connectivity index (χ2v) is 5.40. The van der Waals surface area contributed by atoms with Gasteiger partial charge in [-0.3, -0.25) is 4.79 Å². The number of hydrogen-bond acceptors (Lipinski definition) is 2. The van der Waals surface area contributed by atoms with Crippen molar-refractivity contribution in [1.82, 2.24) is 5.32 Å². The molecule has 1 aliphatic rings. The van der Waals surface area contributed by atoms with E-state index in [1.807, 2.05) is 0 Å². The van der Waals surface area contributed by atoms with Crippen molar-refractivity contribution in [2.75, 3.05) is 6.61 Å².